The molecule has 3 N–H and O–H groups in total. The average Bonchev–Trinajstić information content (AvgIpc) is 2.18. The standard InChI is InChI=1S/C13H19NO/c1-10-3-2-4-11(5-10)12-6-13(7-12,8-14)9-15/h2-5,12,15H,6-9,14H2,1H3. The summed E-state index contributed by atoms with van der Waals surface area (Å²) in [5, 5.41) is 9.28. The number of nitrogens with two attached hydrogens (primary N) is 1. The summed E-state index contributed by atoms with van der Waals surface area (Å²) in [4.78, 5) is 0. The van der Waals surface area contributed by atoms with Crippen molar-refractivity contribution in [1.29, 1.82) is 0 Å². The molecule has 0 heterocycles. The molecule has 0 atom stereocenters. The smallest absolute Gasteiger partial charge is 0.0499 e. The summed E-state index contributed by atoms with van der Waals surface area (Å²) in [5.74, 6) is 0.598. The highest BCUT2D eigenvalue weighted by molar-refractivity contribution is 5.28. The molecule has 0 saturated heterocycles. The number of hydrogen-bond donors (Lipinski definition) is 2. The van der Waals surface area contributed by atoms with Crippen molar-refractivity contribution >= 4 is 0 Å². The van der Waals surface area contributed by atoms with E-state index in [1.54, 1.807) is 0 Å². The van der Waals surface area contributed by atoms with Gasteiger partial charge in [-0.3, -0.25) is 0 Å². The molecule has 2 heteroatoms. The molecule has 1 aliphatic rings. The maximum absolute atomic E-state index is 9.28. The van der Waals surface area contributed by atoms with Crippen LogP contribution in [-0.4, -0.2) is 18.3 Å². The average molecular weight is 205 g/mol. The van der Waals surface area contributed by atoms with Crippen LogP contribution < -0.4 is 5.73 Å². The highest BCUT2D eigenvalue weighted by Crippen LogP contribution is 2.50. The quantitative estimate of drug-likeness (QED) is 0.790. The summed E-state index contributed by atoms with van der Waals surface area (Å²) in [6.45, 7) is 2.95. The molecule has 1 saturated carbocycles. The normalized spacial score (nSPS) is 29.9. The van der Waals surface area contributed by atoms with E-state index in [9.17, 15) is 5.11 Å². The van der Waals surface area contributed by atoms with Gasteiger partial charge in [-0.05, 0) is 31.2 Å². The van der Waals surface area contributed by atoms with Gasteiger partial charge in [-0.2, -0.15) is 0 Å². The van der Waals surface area contributed by atoms with E-state index in [1.165, 1.54) is 11.1 Å². The van der Waals surface area contributed by atoms with Gasteiger partial charge in [0.1, 0.15) is 0 Å². The predicted molar refractivity (Wildman–Crippen MR) is 61.7 cm³/mol. The van der Waals surface area contributed by atoms with Gasteiger partial charge in [0.05, 0.1) is 0 Å². The second-order valence-electron chi connectivity index (χ2n) is 4.88. The van der Waals surface area contributed by atoms with E-state index >= 15 is 0 Å². The number of aryl methyl sites for hydroxylation is 1. The topological polar surface area (TPSA) is 46.2 Å². The van der Waals surface area contributed by atoms with Crippen LogP contribution >= 0.6 is 0 Å². The van der Waals surface area contributed by atoms with E-state index in [0.717, 1.165) is 12.8 Å². The van der Waals surface area contributed by atoms with Gasteiger partial charge in [-0.15, -0.1) is 0 Å². The van der Waals surface area contributed by atoms with E-state index in [0.29, 0.717) is 12.5 Å². The third kappa shape index (κ3) is 1.92. The molecule has 1 fully saturated rings. The van der Waals surface area contributed by atoms with Gasteiger partial charge < -0.3 is 10.8 Å². The number of hydrogen-bond acceptors (Lipinski definition) is 2. The first kappa shape index (κ1) is 10.7. The third-order valence-electron chi connectivity index (χ3n) is 3.64. The zero-order valence-electron chi connectivity index (χ0n) is 9.24. The molecule has 1 aromatic rings. The molecule has 2 nitrogen and oxygen atoms in total. The van der Waals surface area contributed by atoms with Gasteiger partial charge in [0.15, 0.2) is 0 Å². The first-order valence-electron chi connectivity index (χ1n) is 5.57. The van der Waals surface area contributed by atoms with Gasteiger partial charge in [-0.25, -0.2) is 0 Å². The van der Waals surface area contributed by atoms with Gasteiger partial charge in [0, 0.05) is 18.6 Å². The van der Waals surface area contributed by atoms with E-state index in [-0.39, 0.29) is 12.0 Å². The Bertz CT molecular complexity index is 336. The Labute approximate surface area is 91.1 Å². The molecule has 0 spiro atoms. The summed E-state index contributed by atoms with van der Waals surface area (Å²) in [6, 6.07) is 8.63. The van der Waals surface area contributed by atoms with Crippen LogP contribution in [0.5, 0.6) is 0 Å². The third-order valence-corrected chi connectivity index (χ3v) is 3.64. The second kappa shape index (κ2) is 3.95. The first-order valence-corrected chi connectivity index (χ1v) is 5.57. The van der Waals surface area contributed by atoms with Crippen LogP contribution in [-0.2, 0) is 0 Å². The van der Waals surface area contributed by atoms with Crippen molar-refractivity contribution in [2.75, 3.05) is 13.2 Å². The zero-order valence-corrected chi connectivity index (χ0v) is 9.24. The summed E-state index contributed by atoms with van der Waals surface area (Å²) in [5.41, 5.74) is 8.40. The molecule has 0 radical (unpaired) electrons. The first-order chi connectivity index (χ1) is 7.19. The van der Waals surface area contributed by atoms with E-state index in [4.69, 9.17) is 5.73 Å². The summed E-state index contributed by atoms with van der Waals surface area (Å²) < 4.78 is 0. The van der Waals surface area contributed by atoms with Gasteiger partial charge in [0.25, 0.3) is 0 Å². The summed E-state index contributed by atoms with van der Waals surface area (Å²) in [6.07, 6.45) is 2.06. The monoisotopic (exact) mass is 205 g/mol. The molecular weight excluding hydrogens is 186 g/mol. The molecule has 15 heavy (non-hydrogen) atoms. The summed E-state index contributed by atoms with van der Waals surface area (Å²) in [7, 11) is 0. The SMILES string of the molecule is Cc1cccc(C2CC(CN)(CO)C2)c1. The minimum Gasteiger partial charge on any atom is -0.396 e. The highest BCUT2D eigenvalue weighted by atomic mass is 16.3. The minimum atomic E-state index is 0.00835. The van der Waals surface area contributed by atoms with Crippen molar-refractivity contribution < 1.29 is 5.11 Å². The Balaban J connectivity index is 2.05. The second-order valence-corrected chi connectivity index (χ2v) is 4.88. The molecule has 0 unspecified atom stereocenters. The molecule has 0 aliphatic heterocycles. The van der Waals surface area contributed by atoms with Crippen molar-refractivity contribution in [2.24, 2.45) is 11.1 Å². The predicted octanol–water partition coefficient (Wildman–Crippen LogP) is 1.81. The van der Waals surface area contributed by atoms with Gasteiger partial charge in [0.2, 0.25) is 0 Å². The molecule has 0 bridgehead atoms. The lowest BCUT2D eigenvalue weighted by molar-refractivity contribution is 0.0337. The summed E-state index contributed by atoms with van der Waals surface area (Å²) >= 11 is 0. The van der Waals surface area contributed by atoms with Crippen LogP contribution in [0, 0.1) is 12.3 Å². The van der Waals surface area contributed by atoms with Gasteiger partial charge in [-0.1, -0.05) is 29.8 Å². The van der Waals surface area contributed by atoms with Crippen molar-refractivity contribution in [2.45, 2.75) is 25.7 Å². The van der Waals surface area contributed by atoms with E-state index < -0.39 is 0 Å². The highest BCUT2D eigenvalue weighted by Gasteiger charge is 2.43. The molecular formula is C13H19NO. The molecule has 82 valence electrons. The van der Waals surface area contributed by atoms with E-state index in [2.05, 4.69) is 31.2 Å². The fourth-order valence-electron chi connectivity index (χ4n) is 2.51. The Morgan fingerprint density at radius 3 is 2.73 bits per heavy atom. The lowest BCUT2D eigenvalue weighted by Gasteiger charge is -2.46. The Morgan fingerprint density at radius 2 is 2.20 bits per heavy atom. The molecule has 2 rings (SSSR count). The molecule has 0 aromatic heterocycles. The van der Waals surface area contributed by atoms with Crippen molar-refractivity contribution in [3.8, 4) is 0 Å². The largest absolute Gasteiger partial charge is 0.396 e. The van der Waals surface area contributed by atoms with Crippen LogP contribution in [0.1, 0.15) is 29.9 Å². The lowest BCUT2D eigenvalue weighted by Crippen LogP contribution is -2.44. The molecule has 1 aliphatic carbocycles. The van der Waals surface area contributed by atoms with Crippen molar-refractivity contribution in [3.63, 3.8) is 0 Å². The van der Waals surface area contributed by atoms with Crippen LogP contribution in [0.4, 0.5) is 0 Å². The van der Waals surface area contributed by atoms with Crippen LogP contribution in [0.3, 0.4) is 0 Å². The number of aliphatic hydroxyl groups excluding tert-OH is 1. The number of rotatable bonds is 3. The van der Waals surface area contributed by atoms with Crippen LogP contribution in [0.2, 0.25) is 0 Å². The Hall–Kier alpha value is -0.860. The lowest BCUT2D eigenvalue weighted by atomic mass is 9.60. The van der Waals surface area contributed by atoms with Gasteiger partial charge >= 0.3 is 0 Å². The Kier molecular flexibility index (Phi) is 2.81. The van der Waals surface area contributed by atoms with Crippen LogP contribution in [0.25, 0.3) is 0 Å². The minimum absolute atomic E-state index is 0.00835. The maximum atomic E-state index is 9.28. The maximum Gasteiger partial charge on any atom is 0.0499 e. The van der Waals surface area contributed by atoms with E-state index in [1.807, 2.05) is 0 Å². The zero-order chi connectivity index (χ0) is 10.9. The number of aliphatic hydroxyl groups is 1. The molecule has 1 aromatic carbocycles. The van der Waals surface area contributed by atoms with Crippen molar-refractivity contribution in [1.82, 2.24) is 0 Å². The Morgan fingerprint density at radius 1 is 1.47 bits per heavy atom. The molecule has 0 amide bonds. The fraction of sp³-hybridized carbons (Fsp3) is 0.538. The van der Waals surface area contributed by atoms with Crippen molar-refractivity contribution in [3.05, 3.63) is 35.4 Å². The fourth-order valence-corrected chi connectivity index (χ4v) is 2.51. The number of benzene rings is 1. The van der Waals surface area contributed by atoms with Crippen LogP contribution in [0.15, 0.2) is 24.3 Å².